The molecule has 1 fully saturated rings. The molecule has 1 aromatic rings. The van der Waals surface area contributed by atoms with Crippen LogP contribution in [0.3, 0.4) is 0 Å². The van der Waals surface area contributed by atoms with E-state index in [9.17, 15) is 0 Å². The summed E-state index contributed by atoms with van der Waals surface area (Å²) in [5, 5.41) is 4.90. The van der Waals surface area contributed by atoms with Crippen LogP contribution in [0, 0.1) is 25.7 Å². The minimum Gasteiger partial charge on any atom is -0.308 e. The van der Waals surface area contributed by atoms with E-state index in [4.69, 9.17) is 4.98 Å². The SMILES string of the molecule is CNC1(c2nc(C)c(C)s2)CC(C)CCC1C. The smallest absolute Gasteiger partial charge is 0.114 e. The third-order valence-electron chi connectivity index (χ3n) is 4.46. The highest BCUT2D eigenvalue weighted by molar-refractivity contribution is 7.11. The van der Waals surface area contributed by atoms with Gasteiger partial charge in [-0.25, -0.2) is 4.98 Å². The molecule has 2 nitrogen and oxygen atoms in total. The van der Waals surface area contributed by atoms with E-state index in [1.807, 2.05) is 11.3 Å². The van der Waals surface area contributed by atoms with Gasteiger partial charge in [0, 0.05) is 4.88 Å². The van der Waals surface area contributed by atoms with Crippen molar-refractivity contribution in [3.05, 3.63) is 15.6 Å². The average Bonchev–Trinajstić information content (AvgIpc) is 2.63. The molecule has 0 bridgehead atoms. The molecule has 1 N–H and O–H groups in total. The van der Waals surface area contributed by atoms with Gasteiger partial charge in [0.25, 0.3) is 0 Å². The summed E-state index contributed by atoms with van der Waals surface area (Å²) < 4.78 is 0. The molecule has 0 saturated heterocycles. The van der Waals surface area contributed by atoms with E-state index in [0.717, 1.165) is 5.92 Å². The molecule has 96 valence electrons. The number of aryl methyl sites for hydroxylation is 2. The van der Waals surface area contributed by atoms with Gasteiger partial charge in [-0.3, -0.25) is 0 Å². The standard InChI is InChI=1S/C14H24N2S/c1-9-6-7-10(2)14(8-9,15-5)13-16-11(3)12(4)17-13/h9-10,15H,6-8H2,1-5H3. The number of thiazole rings is 1. The van der Waals surface area contributed by atoms with Crippen molar-refractivity contribution < 1.29 is 0 Å². The first-order valence-electron chi connectivity index (χ1n) is 6.63. The second kappa shape index (κ2) is 4.69. The summed E-state index contributed by atoms with van der Waals surface area (Å²) in [6.45, 7) is 9.03. The monoisotopic (exact) mass is 252 g/mol. The van der Waals surface area contributed by atoms with Crippen molar-refractivity contribution in [1.29, 1.82) is 0 Å². The molecule has 1 saturated carbocycles. The van der Waals surface area contributed by atoms with E-state index in [-0.39, 0.29) is 5.54 Å². The van der Waals surface area contributed by atoms with E-state index >= 15 is 0 Å². The molecule has 1 heterocycles. The van der Waals surface area contributed by atoms with Crippen molar-refractivity contribution >= 4 is 11.3 Å². The van der Waals surface area contributed by atoms with Gasteiger partial charge in [0.05, 0.1) is 11.2 Å². The maximum absolute atomic E-state index is 4.82. The van der Waals surface area contributed by atoms with Crippen molar-refractivity contribution in [2.24, 2.45) is 11.8 Å². The lowest BCUT2D eigenvalue weighted by molar-refractivity contribution is 0.127. The quantitative estimate of drug-likeness (QED) is 0.869. The molecule has 0 amide bonds. The summed E-state index contributed by atoms with van der Waals surface area (Å²) in [7, 11) is 2.10. The highest BCUT2D eigenvalue weighted by Gasteiger charge is 2.43. The minimum absolute atomic E-state index is 0.112. The second-order valence-electron chi connectivity index (χ2n) is 5.67. The Morgan fingerprint density at radius 2 is 2.00 bits per heavy atom. The van der Waals surface area contributed by atoms with Gasteiger partial charge in [0.2, 0.25) is 0 Å². The van der Waals surface area contributed by atoms with E-state index in [2.05, 4.69) is 40.1 Å². The minimum atomic E-state index is 0.112. The van der Waals surface area contributed by atoms with Crippen LogP contribution in [0.4, 0.5) is 0 Å². The fraction of sp³-hybridized carbons (Fsp3) is 0.786. The highest BCUT2D eigenvalue weighted by atomic mass is 32.1. The Hall–Kier alpha value is -0.410. The van der Waals surface area contributed by atoms with Crippen LogP contribution < -0.4 is 5.32 Å². The average molecular weight is 252 g/mol. The number of nitrogens with zero attached hydrogens (tertiary/aromatic N) is 1. The predicted molar refractivity (Wildman–Crippen MR) is 74.5 cm³/mol. The lowest BCUT2D eigenvalue weighted by atomic mass is 9.70. The molecule has 3 atom stereocenters. The summed E-state index contributed by atoms with van der Waals surface area (Å²) in [6.07, 6.45) is 3.88. The maximum Gasteiger partial charge on any atom is 0.114 e. The van der Waals surface area contributed by atoms with Crippen LogP contribution in [0.1, 0.15) is 48.7 Å². The molecule has 3 heteroatoms. The number of hydrogen-bond acceptors (Lipinski definition) is 3. The molecule has 0 radical (unpaired) electrons. The molecule has 0 spiro atoms. The van der Waals surface area contributed by atoms with Gasteiger partial charge in [-0.15, -0.1) is 11.3 Å². The van der Waals surface area contributed by atoms with E-state index in [1.165, 1.54) is 34.8 Å². The van der Waals surface area contributed by atoms with Gasteiger partial charge in [0.15, 0.2) is 0 Å². The van der Waals surface area contributed by atoms with Gasteiger partial charge >= 0.3 is 0 Å². The van der Waals surface area contributed by atoms with Crippen LogP contribution in [0.5, 0.6) is 0 Å². The first kappa shape index (κ1) is 13.0. The molecule has 2 rings (SSSR count). The largest absolute Gasteiger partial charge is 0.308 e. The molecule has 1 aromatic heterocycles. The van der Waals surface area contributed by atoms with Crippen molar-refractivity contribution in [2.75, 3.05) is 7.05 Å². The molecule has 0 aliphatic heterocycles. The van der Waals surface area contributed by atoms with E-state index in [1.54, 1.807) is 0 Å². The van der Waals surface area contributed by atoms with Crippen molar-refractivity contribution in [1.82, 2.24) is 10.3 Å². The molecule has 3 unspecified atom stereocenters. The lowest BCUT2D eigenvalue weighted by Gasteiger charge is -2.43. The van der Waals surface area contributed by atoms with Crippen LogP contribution in [0.25, 0.3) is 0 Å². The van der Waals surface area contributed by atoms with Crippen molar-refractivity contribution in [3.8, 4) is 0 Å². The first-order valence-corrected chi connectivity index (χ1v) is 7.44. The van der Waals surface area contributed by atoms with Gasteiger partial charge in [0.1, 0.15) is 5.01 Å². The molecular formula is C14H24N2S. The summed E-state index contributed by atoms with van der Waals surface area (Å²) in [5.74, 6) is 1.47. The Balaban J connectivity index is 2.41. The molecule has 1 aliphatic rings. The summed E-state index contributed by atoms with van der Waals surface area (Å²) >= 11 is 1.88. The van der Waals surface area contributed by atoms with Crippen molar-refractivity contribution in [3.63, 3.8) is 0 Å². The Morgan fingerprint density at radius 3 is 2.53 bits per heavy atom. The second-order valence-corrected chi connectivity index (χ2v) is 6.87. The zero-order valence-electron chi connectivity index (χ0n) is 11.6. The van der Waals surface area contributed by atoms with Gasteiger partial charge < -0.3 is 5.32 Å². The number of nitrogens with one attached hydrogen (secondary N) is 1. The van der Waals surface area contributed by atoms with Crippen LogP contribution >= 0.6 is 11.3 Å². The first-order chi connectivity index (χ1) is 7.99. The number of hydrogen-bond donors (Lipinski definition) is 1. The topological polar surface area (TPSA) is 24.9 Å². The third-order valence-corrected chi connectivity index (χ3v) is 5.71. The highest BCUT2D eigenvalue weighted by Crippen LogP contribution is 2.45. The van der Waals surface area contributed by atoms with E-state index < -0.39 is 0 Å². The fourth-order valence-corrected chi connectivity index (χ4v) is 4.29. The zero-order chi connectivity index (χ0) is 12.6. The van der Waals surface area contributed by atoms with Crippen LogP contribution in [-0.2, 0) is 5.54 Å². The summed E-state index contributed by atoms with van der Waals surface area (Å²) in [4.78, 5) is 6.18. The van der Waals surface area contributed by atoms with Gasteiger partial charge in [-0.2, -0.15) is 0 Å². The van der Waals surface area contributed by atoms with Crippen LogP contribution in [0.2, 0.25) is 0 Å². The lowest BCUT2D eigenvalue weighted by Crippen LogP contribution is -2.49. The molecular weight excluding hydrogens is 228 g/mol. The molecule has 0 aromatic carbocycles. The van der Waals surface area contributed by atoms with Crippen LogP contribution in [-0.4, -0.2) is 12.0 Å². The van der Waals surface area contributed by atoms with Crippen LogP contribution in [0.15, 0.2) is 0 Å². The Labute approximate surface area is 109 Å². The third kappa shape index (κ3) is 2.15. The van der Waals surface area contributed by atoms with E-state index in [0.29, 0.717) is 5.92 Å². The maximum atomic E-state index is 4.82. The van der Waals surface area contributed by atoms with Gasteiger partial charge in [-0.05, 0) is 45.6 Å². The molecule has 1 aliphatic carbocycles. The predicted octanol–water partition coefficient (Wildman–Crippen LogP) is 3.63. The van der Waals surface area contributed by atoms with Gasteiger partial charge in [-0.1, -0.05) is 20.3 Å². The zero-order valence-corrected chi connectivity index (χ0v) is 12.4. The Kier molecular flexibility index (Phi) is 3.60. The summed E-state index contributed by atoms with van der Waals surface area (Å²) in [6, 6.07) is 0. The fourth-order valence-electron chi connectivity index (χ4n) is 3.05. The molecule has 17 heavy (non-hydrogen) atoms. The van der Waals surface area contributed by atoms with Crippen molar-refractivity contribution in [2.45, 2.75) is 52.5 Å². The normalized spacial score (nSPS) is 33.9. The summed E-state index contributed by atoms with van der Waals surface area (Å²) in [5.41, 5.74) is 1.31. The Bertz CT molecular complexity index is 379. The Morgan fingerprint density at radius 1 is 1.29 bits per heavy atom. The number of aromatic nitrogens is 1. The number of rotatable bonds is 2.